The summed E-state index contributed by atoms with van der Waals surface area (Å²) in [7, 11) is -10.7. The molecule has 12 aromatic rings. The molecule has 3 unspecified atom stereocenters. The second kappa shape index (κ2) is 43.9. The first kappa shape index (κ1) is 107. The van der Waals surface area contributed by atoms with Crippen molar-refractivity contribution in [2.45, 2.75) is 164 Å². The van der Waals surface area contributed by atoms with Gasteiger partial charge in [-0.1, -0.05) is 52.0 Å². The average Bonchev–Trinajstić information content (AvgIpc) is 1.55. The molecule has 2 aromatic carbocycles. The number of aromatic nitrogens is 11. The number of hydrogen-bond acceptors (Lipinski definition) is 33. The number of anilines is 6. The topological polar surface area (TPSA) is 480 Å². The molecule has 5 N–H and O–H groups in total. The summed E-state index contributed by atoms with van der Waals surface area (Å²) in [6, 6.07) is 44.1. The van der Waals surface area contributed by atoms with Gasteiger partial charge >= 0.3 is 5.97 Å². The van der Waals surface area contributed by atoms with Crippen LogP contribution in [0.1, 0.15) is 163 Å². The number of carbonyl (C=O) groups excluding carboxylic acids is 5. The lowest BCUT2D eigenvalue weighted by molar-refractivity contribution is -0.146. The largest absolute Gasteiger partial charge is 0.479 e. The predicted octanol–water partition coefficient (Wildman–Crippen LogP) is 13.6. The summed E-state index contributed by atoms with van der Waals surface area (Å²) in [6.07, 6.45) is 17.5. The molecule has 10 aromatic heterocycles. The van der Waals surface area contributed by atoms with Crippen molar-refractivity contribution in [1.82, 2.24) is 73.3 Å². The maximum atomic E-state index is 14.3. The van der Waals surface area contributed by atoms with Crippen LogP contribution < -0.4 is 68.1 Å². The summed E-state index contributed by atoms with van der Waals surface area (Å²) in [5.41, 5.74) is 1.21. The number of amides is 4. The minimum atomic E-state index is -4.46. The zero-order valence-electron chi connectivity index (χ0n) is 83.7. The first-order valence-corrected chi connectivity index (χ1v) is 53.0. The highest BCUT2D eigenvalue weighted by atomic mass is 32.2. The maximum Gasteiger partial charge on any atom is 0.308 e. The molecule has 4 amide bonds. The van der Waals surface area contributed by atoms with E-state index in [0.717, 1.165) is 62.8 Å². The first-order chi connectivity index (χ1) is 69.0. The number of nitrogens with zero attached hydrogens (tertiary/aromatic N) is 16. The molecule has 0 bridgehead atoms. The first-order valence-electron chi connectivity index (χ1n) is 47.1. The van der Waals surface area contributed by atoms with Crippen LogP contribution in [0.5, 0.6) is 29.1 Å². The summed E-state index contributed by atoms with van der Waals surface area (Å²) >= 11 is 0. The SMILES string of the molecule is CC1CN(c2ncccc2C(=O)NS(=O)(=O)c2cccc(Oc3ccc(-n4ccnc4)cc3)n2)C(C)(C)C1.CC1CN(c2ncccc2C(=O)NS(=O)(=O)c2cccc(Oc3cccc(N(C)C)c3)n2)C(C)(C)C1.COC(=O)C1CCN(c2cccc(S(=O)(=O)NC(=O)c3cccnc3N3CC(C)CC3(C)C)n2)CC1.COc1ncc(-c2ccc(C(=O)NS(=O)(=O)c3ccc[nH]c3=O)c(N3C[C@@H](C)CC3(C)C)n2)cc1F. The Labute approximate surface area is 847 Å². The quantitative estimate of drug-likeness (QED) is 0.0314. The lowest BCUT2D eigenvalue weighted by atomic mass is 9.97. The Bertz CT molecular complexity index is 7380. The number of pyridine rings is 9. The van der Waals surface area contributed by atoms with Crippen molar-refractivity contribution in [2.75, 3.05) is 97.0 Å². The lowest BCUT2D eigenvalue weighted by Gasteiger charge is -2.34. The molecule has 4 atom stereocenters. The summed E-state index contributed by atoms with van der Waals surface area (Å²) in [6.45, 7) is 28.9. The molecule has 44 heteroatoms. The van der Waals surface area contributed by atoms with E-state index in [0.29, 0.717) is 96.3 Å². The van der Waals surface area contributed by atoms with Gasteiger partial charge in [-0.15, -0.1) is 0 Å². The molecule has 5 aliphatic heterocycles. The molecular formula is C102H118FN21O18S4. The third kappa shape index (κ3) is 25.2. The second-order valence-electron chi connectivity index (χ2n) is 39.2. The lowest BCUT2D eigenvalue weighted by Crippen LogP contribution is -2.41. The number of benzene rings is 2. The molecule has 0 radical (unpaired) electrons. The Hall–Kier alpha value is -14.9. The van der Waals surface area contributed by atoms with E-state index in [4.69, 9.17) is 18.9 Å². The smallest absolute Gasteiger partial charge is 0.308 e. The number of aromatic amines is 1. The van der Waals surface area contributed by atoms with Crippen LogP contribution in [0.4, 0.5) is 39.2 Å². The van der Waals surface area contributed by atoms with Crippen molar-refractivity contribution in [1.29, 1.82) is 0 Å². The second-order valence-corrected chi connectivity index (χ2v) is 45.8. The molecule has 39 nitrogen and oxygen atoms in total. The number of ether oxygens (including phenoxy) is 4. The zero-order chi connectivity index (χ0) is 105. The third-order valence-electron chi connectivity index (χ3n) is 25.5. The monoisotopic (exact) mass is 2070 g/mol. The van der Waals surface area contributed by atoms with Gasteiger partial charge in [-0.2, -0.15) is 35.2 Å². The van der Waals surface area contributed by atoms with Gasteiger partial charge in [-0.3, -0.25) is 28.8 Å². The van der Waals surface area contributed by atoms with E-state index in [-0.39, 0.29) is 101 Å². The number of piperidine rings is 1. The predicted molar refractivity (Wildman–Crippen MR) is 547 cm³/mol. The fourth-order valence-corrected chi connectivity index (χ4v) is 22.9. The molecule has 0 spiro atoms. The van der Waals surface area contributed by atoms with E-state index in [1.807, 2.05) is 88.5 Å². The Morgan fingerprint density at radius 3 is 1.33 bits per heavy atom. The van der Waals surface area contributed by atoms with Crippen molar-refractivity contribution in [3.8, 4) is 46.1 Å². The van der Waals surface area contributed by atoms with Crippen LogP contribution in [0.2, 0.25) is 0 Å². The molecule has 5 fully saturated rings. The van der Waals surface area contributed by atoms with Crippen molar-refractivity contribution < 1.29 is 81.0 Å². The van der Waals surface area contributed by atoms with Crippen LogP contribution in [0.3, 0.4) is 0 Å². The van der Waals surface area contributed by atoms with Gasteiger partial charge in [0.25, 0.3) is 69.3 Å². The summed E-state index contributed by atoms with van der Waals surface area (Å²) in [5, 5.41) is -0.902. The fraction of sp³-hybridized carbons (Fsp3) is 0.363. The zero-order valence-corrected chi connectivity index (χ0v) is 86.9. The van der Waals surface area contributed by atoms with Crippen molar-refractivity contribution in [3.63, 3.8) is 0 Å². The van der Waals surface area contributed by atoms with Crippen LogP contribution in [0.15, 0.2) is 244 Å². The van der Waals surface area contributed by atoms with Crippen LogP contribution in [0.25, 0.3) is 16.9 Å². The van der Waals surface area contributed by atoms with Gasteiger partial charge < -0.3 is 57.9 Å². The maximum absolute atomic E-state index is 14.3. The molecule has 17 rings (SSSR count). The number of sulfonamides is 4. The Balaban J connectivity index is 0.000000154. The Morgan fingerprint density at radius 1 is 0.466 bits per heavy atom. The number of nitrogens with one attached hydrogen (secondary N) is 5. The Kier molecular flexibility index (Phi) is 32.2. The van der Waals surface area contributed by atoms with E-state index in [9.17, 15) is 66.8 Å². The van der Waals surface area contributed by atoms with Gasteiger partial charge in [0.1, 0.15) is 40.6 Å². The van der Waals surface area contributed by atoms with Crippen LogP contribution in [0, 0.1) is 35.4 Å². The number of methoxy groups -OCH3 is 2. The molecule has 770 valence electrons. The fourth-order valence-electron chi connectivity index (χ4n) is 19.1. The molecule has 0 saturated carbocycles. The minimum absolute atomic E-state index is 0.00111. The van der Waals surface area contributed by atoms with E-state index in [2.05, 4.69) is 148 Å². The Morgan fingerprint density at radius 2 is 0.904 bits per heavy atom. The highest BCUT2D eigenvalue weighted by Gasteiger charge is 2.45. The third-order valence-corrected chi connectivity index (χ3v) is 30.6. The van der Waals surface area contributed by atoms with Crippen molar-refractivity contribution in [3.05, 3.63) is 258 Å². The van der Waals surface area contributed by atoms with Gasteiger partial charge in [0, 0.05) is 154 Å². The average molecular weight is 2070 g/mol. The number of esters is 1. The number of rotatable bonds is 26. The number of carbonyl (C=O) groups is 5. The molecule has 146 heavy (non-hydrogen) atoms. The number of imidazole rings is 1. The normalized spacial score (nSPS) is 17.8. The molecule has 5 saturated heterocycles. The van der Waals surface area contributed by atoms with Gasteiger partial charge in [0.05, 0.1) is 54.4 Å². The number of H-pyrrole nitrogens is 1. The van der Waals surface area contributed by atoms with Gasteiger partial charge in [0.15, 0.2) is 25.8 Å². The van der Waals surface area contributed by atoms with Crippen LogP contribution in [-0.4, -0.2) is 207 Å². The number of halogens is 1. The number of hydrogen-bond donors (Lipinski definition) is 5. The standard InChI is InChI=1S/C27H28N6O4S.C26H31N5O4S.C25H33N5O5S.C24H26FN5O5S/c1-19-16-27(2,3)33(17-19)25-22(6-5-13-29-25)26(34)31-38(35,36)24-8-4-7-23(30-24)37-21-11-9-20(10-12-21)32-15-14-28-18-32;1-18-16-26(2,3)31(17-18)24-21(11-8-14-27-24)25(32)29-36(33,34)23-13-7-12-22(28-23)35-20-10-6-9-19(15-20)30(4)5;1-17-15-25(2,3)30(16-17)22-19(7-6-12-26-22)23(31)28-36(33,34)21-9-5-8-20(27-21)29-13-10-18(11-14-29)24(32)35-4;1-14-11-24(2,3)30(13-14)20-16(21(31)29-36(33,34)19-6-5-9-26-22(19)32)7-8-18(28-20)15-10-17(25)23(35-4)27-12-15/h4-15,18-19H,16-17H2,1-3H3,(H,31,34);6-15,18H,16-17H2,1-5H3,(H,29,32);5-9,12,17-18H,10-11,13-16H2,1-4H3,(H,28,31);5-10,12,14H,11,13H2,1-4H3,(H,26,32)(H,29,31)/t;;;14-/m...0/s1. The summed E-state index contributed by atoms with van der Waals surface area (Å²) < 4.78 is 150. The molecule has 0 aliphatic carbocycles. The highest BCUT2D eigenvalue weighted by molar-refractivity contribution is 7.91. The van der Waals surface area contributed by atoms with Gasteiger partial charge in [0.2, 0.25) is 17.6 Å². The minimum Gasteiger partial charge on any atom is -0.479 e. The van der Waals surface area contributed by atoms with Crippen LogP contribution in [-0.2, 0) is 49.6 Å². The van der Waals surface area contributed by atoms with Crippen molar-refractivity contribution in [2.24, 2.45) is 29.6 Å². The molecule has 15 heterocycles. The summed E-state index contributed by atoms with van der Waals surface area (Å²) in [5.74, 6) is 0.340. The van der Waals surface area contributed by atoms with Gasteiger partial charge in [-0.05, 0) is 245 Å². The molecular weight excluding hydrogens is 1950 g/mol. The van der Waals surface area contributed by atoms with E-state index < -0.39 is 80.0 Å². The highest BCUT2D eigenvalue weighted by Crippen LogP contribution is 2.43. The van der Waals surface area contributed by atoms with E-state index >= 15 is 0 Å². The van der Waals surface area contributed by atoms with Crippen LogP contribution >= 0.6 is 0 Å². The van der Waals surface area contributed by atoms with Gasteiger partial charge in [-0.25, -0.2) is 66.6 Å². The van der Waals surface area contributed by atoms with E-state index in [1.54, 1.807) is 110 Å². The van der Waals surface area contributed by atoms with Crippen molar-refractivity contribution >= 4 is 104 Å². The summed E-state index contributed by atoms with van der Waals surface area (Å²) in [4.78, 5) is 129. The van der Waals surface area contributed by atoms with E-state index in [1.165, 1.54) is 81.2 Å². The molecule has 5 aliphatic rings.